The van der Waals surface area contributed by atoms with E-state index in [2.05, 4.69) is 5.32 Å². The van der Waals surface area contributed by atoms with Crippen LogP contribution in [0.3, 0.4) is 0 Å². The largest absolute Gasteiger partial charge is 0.493 e. The lowest BCUT2D eigenvalue weighted by Gasteiger charge is -2.32. The Kier molecular flexibility index (Phi) is 7.23. The first-order chi connectivity index (χ1) is 12.7. The molecule has 2 fully saturated rings. The van der Waals surface area contributed by atoms with Crippen molar-refractivity contribution in [1.29, 1.82) is 0 Å². The summed E-state index contributed by atoms with van der Waals surface area (Å²) in [7, 11) is 0. The lowest BCUT2D eigenvalue weighted by Crippen LogP contribution is -2.46. The lowest BCUT2D eigenvalue weighted by atomic mass is 9.95. The fourth-order valence-corrected chi connectivity index (χ4v) is 4.59. The first-order valence-corrected chi connectivity index (χ1v) is 10.7. The molecule has 6 heteroatoms. The van der Waals surface area contributed by atoms with Gasteiger partial charge in [0.15, 0.2) is 0 Å². The number of piperidine rings is 1. The van der Waals surface area contributed by atoms with Crippen LogP contribution in [0.5, 0.6) is 5.75 Å². The standard InChI is InChI=1S/C20H28N2O3S/c23-19(8-13-25-18-4-2-1-3-5-18)22-11-6-16(7-12-22)20(24)21-17-9-14-26-15-10-17/h1-5,16-17H,6-15H2,(H,21,24). The number of benzene rings is 1. The zero-order chi connectivity index (χ0) is 18.2. The smallest absolute Gasteiger partial charge is 0.225 e. The molecule has 1 aromatic carbocycles. The van der Waals surface area contributed by atoms with Crippen LogP contribution >= 0.6 is 11.8 Å². The van der Waals surface area contributed by atoms with Crippen LogP contribution in [-0.4, -0.2) is 54.0 Å². The van der Waals surface area contributed by atoms with E-state index in [9.17, 15) is 9.59 Å². The van der Waals surface area contributed by atoms with E-state index in [1.807, 2.05) is 47.0 Å². The predicted molar refractivity (Wildman–Crippen MR) is 104 cm³/mol. The third-order valence-corrected chi connectivity index (χ3v) is 6.16. The number of likely N-dealkylation sites (tertiary alicyclic amines) is 1. The molecular weight excluding hydrogens is 348 g/mol. The Morgan fingerprint density at radius 2 is 1.77 bits per heavy atom. The van der Waals surface area contributed by atoms with Gasteiger partial charge in [0.1, 0.15) is 5.75 Å². The van der Waals surface area contributed by atoms with Gasteiger partial charge in [-0.25, -0.2) is 0 Å². The molecule has 142 valence electrons. The number of carbonyl (C=O) groups is 2. The van der Waals surface area contributed by atoms with Crippen LogP contribution in [0.25, 0.3) is 0 Å². The Balaban J connectivity index is 1.34. The van der Waals surface area contributed by atoms with Crippen LogP contribution < -0.4 is 10.1 Å². The molecular formula is C20H28N2O3S. The summed E-state index contributed by atoms with van der Waals surface area (Å²) < 4.78 is 5.60. The molecule has 3 rings (SSSR count). The molecule has 0 atom stereocenters. The first-order valence-electron chi connectivity index (χ1n) is 9.56. The molecule has 0 aliphatic carbocycles. The Labute approximate surface area is 159 Å². The van der Waals surface area contributed by atoms with Crippen LogP contribution in [0.15, 0.2) is 30.3 Å². The number of nitrogens with one attached hydrogen (secondary N) is 1. The quantitative estimate of drug-likeness (QED) is 0.829. The van der Waals surface area contributed by atoms with E-state index in [0.29, 0.717) is 32.2 Å². The van der Waals surface area contributed by atoms with E-state index in [1.165, 1.54) is 0 Å². The van der Waals surface area contributed by atoms with E-state index in [-0.39, 0.29) is 17.7 Å². The molecule has 0 bridgehead atoms. The van der Waals surface area contributed by atoms with Crippen molar-refractivity contribution in [2.45, 2.75) is 38.1 Å². The van der Waals surface area contributed by atoms with Crippen LogP contribution in [0.1, 0.15) is 32.1 Å². The molecule has 0 saturated carbocycles. The maximum Gasteiger partial charge on any atom is 0.225 e. The molecule has 2 aliphatic heterocycles. The number of carbonyl (C=O) groups excluding carboxylic acids is 2. The SMILES string of the molecule is O=C(NC1CCSCC1)C1CCN(C(=O)CCOc2ccccc2)CC1. The first kappa shape index (κ1) is 19.1. The van der Waals surface area contributed by atoms with E-state index in [4.69, 9.17) is 4.74 Å². The second-order valence-corrected chi connectivity index (χ2v) is 8.19. The molecule has 1 aromatic rings. The number of hydrogen-bond donors (Lipinski definition) is 1. The topological polar surface area (TPSA) is 58.6 Å². The van der Waals surface area contributed by atoms with Gasteiger partial charge in [-0.2, -0.15) is 11.8 Å². The van der Waals surface area contributed by atoms with Crippen molar-refractivity contribution in [2.24, 2.45) is 5.92 Å². The van der Waals surface area contributed by atoms with E-state index >= 15 is 0 Å². The molecule has 2 saturated heterocycles. The summed E-state index contributed by atoms with van der Waals surface area (Å²) >= 11 is 1.96. The number of nitrogens with zero attached hydrogens (tertiary/aromatic N) is 1. The lowest BCUT2D eigenvalue weighted by molar-refractivity contribution is -0.136. The van der Waals surface area contributed by atoms with Crippen LogP contribution in [-0.2, 0) is 9.59 Å². The second kappa shape index (κ2) is 9.86. The molecule has 0 aromatic heterocycles. The molecule has 26 heavy (non-hydrogen) atoms. The van der Waals surface area contributed by atoms with Crippen molar-refractivity contribution in [3.63, 3.8) is 0 Å². The Morgan fingerprint density at radius 3 is 2.46 bits per heavy atom. The monoisotopic (exact) mass is 376 g/mol. The number of rotatable bonds is 6. The van der Waals surface area contributed by atoms with Gasteiger partial charge < -0.3 is 15.0 Å². The van der Waals surface area contributed by atoms with Gasteiger partial charge >= 0.3 is 0 Å². The number of hydrogen-bond acceptors (Lipinski definition) is 4. The van der Waals surface area contributed by atoms with Gasteiger partial charge in [0.05, 0.1) is 13.0 Å². The van der Waals surface area contributed by atoms with E-state index in [0.717, 1.165) is 42.9 Å². The molecule has 2 aliphatic rings. The third kappa shape index (κ3) is 5.66. The van der Waals surface area contributed by atoms with Gasteiger partial charge in [-0.3, -0.25) is 9.59 Å². The highest BCUT2D eigenvalue weighted by Gasteiger charge is 2.28. The summed E-state index contributed by atoms with van der Waals surface area (Å²) in [4.78, 5) is 26.6. The summed E-state index contributed by atoms with van der Waals surface area (Å²) in [5, 5.41) is 3.21. The number of thioether (sulfide) groups is 1. The minimum atomic E-state index is 0.0502. The summed E-state index contributed by atoms with van der Waals surface area (Å²) in [6.45, 7) is 1.73. The molecule has 2 amide bonds. The summed E-state index contributed by atoms with van der Waals surface area (Å²) in [5.74, 6) is 3.42. The minimum absolute atomic E-state index is 0.0502. The average molecular weight is 377 g/mol. The van der Waals surface area contributed by atoms with Crippen molar-refractivity contribution in [3.05, 3.63) is 30.3 Å². The number of amides is 2. The van der Waals surface area contributed by atoms with E-state index < -0.39 is 0 Å². The highest BCUT2D eigenvalue weighted by molar-refractivity contribution is 7.99. The summed E-state index contributed by atoms with van der Waals surface area (Å²) in [5.41, 5.74) is 0. The molecule has 1 N–H and O–H groups in total. The van der Waals surface area contributed by atoms with E-state index in [1.54, 1.807) is 0 Å². The third-order valence-electron chi connectivity index (χ3n) is 5.11. The molecule has 2 heterocycles. The van der Waals surface area contributed by atoms with Gasteiger partial charge in [-0.05, 0) is 49.3 Å². The van der Waals surface area contributed by atoms with Crippen LogP contribution in [0.4, 0.5) is 0 Å². The highest BCUT2D eigenvalue weighted by atomic mass is 32.2. The van der Waals surface area contributed by atoms with Crippen LogP contribution in [0, 0.1) is 5.92 Å². The fourth-order valence-electron chi connectivity index (χ4n) is 3.48. The normalized spacial score (nSPS) is 19.2. The maximum absolute atomic E-state index is 12.4. The molecule has 0 spiro atoms. The maximum atomic E-state index is 12.4. The number of para-hydroxylation sites is 1. The second-order valence-electron chi connectivity index (χ2n) is 6.96. The minimum Gasteiger partial charge on any atom is -0.493 e. The molecule has 5 nitrogen and oxygen atoms in total. The van der Waals surface area contributed by atoms with Crippen molar-refractivity contribution >= 4 is 23.6 Å². The highest BCUT2D eigenvalue weighted by Crippen LogP contribution is 2.21. The molecule has 0 radical (unpaired) electrons. The number of ether oxygens (including phenoxy) is 1. The molecule has 0 unspecified atom stereocenters. The predicted octanol–water partition coefficient (Wildman–Crippen LogP) is 2.71. The van der Waals surface area contributed by atoms with Crippen LogP contribution in [0.2, 0.25) is 0 Å². The Bertz CT molecular complexity index is 582. The van der Waals surface area contributed by atoms with Crippen molar-refractivity contribution in [2.75, 3.05) is 31.2 Å². The summed E-state index contributed by atoms with van der Waals surface area (Å²) in [6, 6.07) is 9.89. The van der Waals surface area contributed by atoms with Gasteiger partial charge in [-0.1, -0.05) is 18.2 Å². The summed E-state index contributed by atoms with van der Waals surface area (Å²) in [6.07, 6.45) is 4.06. The van der Waals surface area contributed by atoms with Crippen molar-refractivity contribution < 1.29 is 14.3 Å². The Morgan fingerprint density at radius 1 is 1.08 bits per heavy atom. The zero-order valence-electron chi connectivity index (χ0n) is 15.2. The zero-order valence-corrected chi connectivity index (χ0v) is 16.0. The Hall–Kier alpha value is -1.69. The van der Waals surface area contributed by atoms with Gasteiger partial charge in [-0.15, -0.1) is 0 Å². The average Bonchev–Trinajstić information content (AvgIpc) is 2.69. The van der Waals surface area contributed by atoms with Crippen molar-refractivity contribution in [1.82, 2.24) is 10.2 Å². The van der Waals surface area contributed by atoms with Gasteiger partial charge in [0, 0.05) is 25.0 Å². The van der Waals surface area contributed by atoms with Gasteiger partial charge in [0.25, 0.3) is 0 Å². The van der Waals surface area contributed by atoms with Crippen molar-refractivity contribution in [3.8, 4) is 5.75 Å². The fraction of sp³-hybridized carbons (Fsp3) is 0.600. The van der Waals surface area contributed by atoms with Gasteiger partial charge in [0.2, 0.25) is 11.8 Å².